The summed E-state index contributed by atoms with van der Waals surface area (Å²) in [6.07, 6.45) is 9.85. The van der Waals surface area contributed by atoms with Crippen LogP contribution in [0.15, 0.2) is 24.4 Å². The first-order chi connectivity index (χ1) is 10.3. The average molecular weight is 288 g/mol. The predicted octanol–water partition coefficient (Wildman–Crippen LogP) is 3.03. The van der Waals surface area contributed by atoms with Crippen molar-refractivity contribution in [3.8, 4) is 5.88 Å². The Bertz CT molecular complexity index is 457. The number of carbonyl (C=O) groups is 1. The van der Waals surface area contributed by atoms with Gasteiger partial charge in [0.25, 0.3) is 0 Å². The fraction of sp³-hybridized carbons (Fsp3) is 0.647. The van der Waals surface area contributed by atoms with E-state index in [9.17, 15) is 4.79 Å². The van der Waals surface area contributed by atoms with Gasteiger partial charge >= 0.3 is 0 Å². The fourth-order valence-electron chi connectivity index (χ4n) is 3.42. The summed E-state index contributed by atoms with van der Waals surface area (Å²) in [7, 11) is 0. The molecule has 1 atom stereocenters. The van der Waals surface area contributed by atoms with Crippen LogP contribution in [0.2, 0.25) is 0 Å². The second-order valence-electron chi connectivity index (χ2n) is 6.23. The van der Waals surface area contributed by atoms with E-state index in [0.29, 0.717) is 24.8 Å². The third kappa shape index (κ3) is 3.96. The van der Waals surface area contributed by atoms with Crippen molar-refractivity contribution in [1.82, 2.24) is 9.88 Å². The smallest absolute Gasteiger partial charge is 0.222 e. The lowest BCUT2D eigenvalue weighted by Crippen LogP contribution is -2.31. The first-order valence-electron chi connectivity index (χ1n) is 8.17. The largest absolute Gasteiger partial charge is 0.472 e. The molecule has 2 fully saturated rings. The standard InChI is InChI=1S/C17H24N2O2/c20-17(9-8-14-5-1-2-6-14)19-12-10-15(13-19)21-16-7-3-4-11-18-16/h3-4,7,11,14-15H,1-2,5-6,8-10,12-13H2. The third-order valence-electron chi connectivity index (χ3n) is 4.66. The van der Waals surface area contributed by atoms with Crippen LogP contribution in [0.25, 0.3) is 0 Å². The van der Waals surface area contributed by atoms with Gasteiger partial charge in [0.2, 0.25) is 11.8 Å². The summed E-state index contributed by atoms with van der Waals surface area (Å²) < 4.78 is 5.83. The monoisotopic (exact) mass is 288 g/mol. The van der Waals surface area contributed by atoms with Gasteiger partial charge in [-0.1, -0.05) is 31.7 Å². The Hall–Kier alpha value is -1.58. The van der Waals surface area contributed by atoms with Crippen molar-refractivity contribution in [2.45, 2.75) is 51.0 Å². The van der Waals surface area contributed by atoms with Gasteiger partial charge in [0.1, 0.15) is 6.10 Å². The zero-order chi connectivity index (χ0) is 14.5. The van der Waals surface area contributed by atoms with Crippen molar-refractivity contribution in [2.24, 2.45) is 5.92 Å². The second kappa shape index (κ2) is 6.92. The van der Waals surface area contributed by atoms with Crippen molar-refractivity contribution in [1.29, 1.82) is 0 Å². The molecule has 1 saturated carbocycles. The quantitative estimate of drug-likeness (QED) is 0.836. The molecule has 2 aliphatic rings. The Morgan fingerprint density at radius 1 is 1.29 bits per heavy atom. The molecule has 4 nitrogen and oxygen atoms in total. The molecular formula is C17H24N2O2. The second-order valence-corrected chi connectivity index (χ2v) is 6.23. The average Bonchev–Trinajstić information content (AvgIpc) is 3.17. The van der Waals surface area contributed by atoms with Crippen molar-refractivity contribution >= 4 is 5.91 Å². The van der Waals surface area contributed by atoms with Crippen molar-refractivity contribution in [3.63, 3.8) is 0 Å². The Kier molecular flexibility index (Phi) is 4.73. The molecule has 0 aromatic carbocycles. The van der Waals surface area contributed by atoms with Crippen LogP contribution in [-0.4, -0.2) is 35.0 Å². The number of pyridine rings is 1. The van der Waals surface area contributed by atoms with Gasteiger partial charge in [-0.25, -0.2) is 4.98 Å². The maximum atomic E-state index is 12.3. The molecule has 1 aliphatic heterocycles. The molecule has 0 bridgehead atoms. The van der Waals surface area contributed by atoms with E-state index < -0.39 is 0 Å². The maximum absolute atomic E-state index is 12.3. The first-order valence-corrected chi connectivity index (χ1v) is 8.17. The third-order valence-corrected chi connectivity index (χ3v) is 4.66. The lowest BCUT2D eigenvalue weighted by Gasteiger charge is -2.18. The van der Waals surface area contributed by atoms with Crippen LogP contribution in [0.4, 0.5) is 0 Å². The number of hydrogen-bond donors (Lipinski definition) is 0. The molecule has 0 spiro atoms. The minimum absolute atomic E-state index is 0.0929. The summed E-state index contributed by atoms with van der Waals surface area (Å²) in [4.78, 5) is 18.4. The van der Waals surface area contributed by atoms with Gasteiger partial charge in [-0.15, -0.1) is 0 Å². The van der Waals surface area contributed by atoms with E-state index in [4.69, 9.17) is 4.74 Å². The summed E-state index contributed by atoms with van der Waals surface area (Å²) in [5, 5.41) is 0. The molecular weight excluding hydrogens is 264 g/mol. The summed E-state index contributed by atoms with van der Waals surface area (Å²) in [6, 6.07) is 5.66. The minimum Gasteiger partial charge on any atom is -0.472 e. The number of amides is 1. The normalized spacial score (nSPS) is 22.7. The number of rotatable bonds is 5. The molecule has 114 valence electrons. The summed E-state index contributed by atoms with van der Waals surface area (Å²) in [5.74, 6) is 1.74. The van der Waals surface area contributed by atoms with Gasteiger partial charge in [-0.2, -0.15) is 0 Å². The highest BCUT2D eigenvalue weighted by atomic mass is 16.5. The molecule has 4 heteroatoms. The van der Waals surface area contributed by atoms with E-state index in [2.05, 4.69) is 4.98 Å². The molecule has 1 aromatic rings. The molecule has 1 unspecified atom stereocenters. The number of aromatic nitrogens is 1. The number of ether oxygens (including phenoxy) is 1. The summed E-state index contributed by atoms with van der Waals surface area (Å²) in [6.45, 7) is 1.53. The molecule has 21 heavy (non-hydrogen) atoms. The molecule has 2 heterocycles. The van der Waals surface area contributed by atoms with Crippen LogP contribution in [0.5, 0.6) is 5.88 Å². The zero-order valence-electron chi connectivity index (χ0n) is 12.5. The lowest BCUT2D eigenvalue weighted by atomic mass is 10.0. The van der Waals surface area contributed by atoms with Crippen LogP contribution >= 0.6 is 0 Å². The van der Waals surface area contributed by atoms with Crippen LogP contribution < -0.4 is 4.74 Å². The zero-order valence-corrected chi connectivity index (χ0v) is 12.5. The van der Waals surface area contributed by atoms with E-state index in [0.717, 1.165) is 25.3 Å². The summed E-state index contributed by atoms with van der Waals surface area (Å²) >= 11 is 0. The van der Waals surface area contributed by atoms with Crippen molar-refractivity contribution < 1.29 is 9.53 Å². The first kappa shape index (κ1) is 14.4. The topological polar surface area (TPSA) is 42.4 Å². The highest BCUT2D eigenvalue weighted by molar-refractivity contribution is 5.76. The lowest BCUT2D eigenvalue weighted by molar-refractivity contribution is -0.130. The number of hydrogen-bond acceptors (Lipinski definition) is 3. The Morgan fingerprint density at radius 3 is 2.90 bits per heavy atom. The molecule has 0 radical (unpaired) electrons. The van der Waals surface area contributed by atoms with Gasteiger partial charge in [0, 0.05) is 31.6 Å². The maximum Gasteiger partial charge on any atom is 0.222 e. The van der Waals surface area contributed by atoms with Crippen LogP contribution in [0, 0.1) is 5.92 Å². The highest BCUT2D eigenvalue weighted by Crippen LogP contribution is 2.29. The van der Waals surface area contributed by atoms with E-state index in [1.54, 1.807) is 6.20 Å². The molecule has 1 amide bonds. The number of carbonyl (C=O) groups excluding carboxylic acids is 1. The highest BCUT2D eigenvalue weighted by Gasteiger charge is 2.28. The van der Waals surface area contributed by atoms with Crippen molar-refractivity contribution in [2.75, 3.05) is 13.1 Å². The molecule has 0 N–H and O–H groups in total. The number of nitrogens with zero attached hydrogens (tertiary/aromatic N) is 2. The van der Waals surface area contributed by atoms with Gasteiger partial charge < -0.3 is 9.64 Å². The SMILES string of the molecule is O=C(CCC1CCCC1)N1CCC(Oc2ccccn2)C1. The minimum atomic E-state index is 0.0929. The van der Waals surface area contributed by atoms with Gasteiger partial charge in [0.05, 0.1) is 6.54 Å². The molecule has 1 aliphatic carbocycles. The fourth-order valence-corrected chi connectivity index (χ4v) is 3.42. The van der Waals surface area contributed by atoms with Crippen LogP contribution in [0.1, 0.15) is 44.9 Å². The Morgan fingerprint density at radius 2 is 2.14 bits per heavy atom. The molecule has 1 aromatic heterocycles. The van der Waals surface area contributed by atoms with Gasteiger partial charge in [0.15, 0.2) is 0 Å². The van der Waals surface area contributed by atoms with Crippen molar-refractivity contribution in [3.05, 3.63) is 24.4 Å². The predicted molar refractivity (Wildman–Crippen MR) is 81.0 cm³/mol. The van der Waals surface area contributed by atoms with E-state index in [1.807, 2.05) is 23.1 Å². The number of likely N-dealkylation sites (tertiary alicyclic amines) is 1. The summed E-state index contributed by atoms with van der Waals surface area (Å²) in [5.41, 5.74) is 0. The van der Waals surface area contributed by atoms with Crippen LogP contribution in [0.3, 0.4) is 0 Å². The van der Waals surface area contributed by atoms with Gasteiger partial charge in [-0.3, -0.25) is 4.79 Å². The van der Waals surface area contributed by atoms with E-state index >= 15 is 0 Å². The van der Waals surface area contributed by atoms with E-state index in [-0.39, 0.29) is 6.10 Å². The van der Waals surface area contributed by atoms with Gasteiger partial charge in [-0.05, 0) is 18.4 Å². The van der Waals surface area contributed by atoms with Crippen LogP contribution in [-0.2, 0) is 4.79 Å². The molecule has 3 rings (SSSR count). The Balaban J connectivity index is 1.42. The van der Waals surface area contributed by atoms with E-state index in [1.165, 1.54) is 25.7 Å². The Labute approximate surface area is 126 Å². The molecule has 1 saturated heterocycles.